The predicted molar refractivity (Wildman–Crippen MR) is 47.6 cm³/mol. The number of Topliss-reactive ketones (excluding diaryl/α,β-unsaturated/α-hetero) is 1. The lowest BCUT2D eigenvalue weighted by molar-refractivity contribution is -0.382. The summed E-state index contributed by atoms with van der Waals surface area (Å²) >= 11 is 0.385. The molecule has 0 saturated carbocycles. The fourth-order valence-electron chi connectivity index (χ4n) is 0.847. The third-order valence-corrected chi connectivity index (χ3v) is 2.46. The number of hydrogen-bond donors (Lipinski definition) is 0. The van der Waals surface area contributed by atoms with Crippen LogP contribution in [-0.2, 0) is 0 Å². The van der Waals surface area contributed by atoms with Gasteiger partial charge in [-0.2, -0.15) is 0 Å². The van der Waals surface area contributed by atoms with E-state index in [4.69, 9.17) is 0 Å². The number of carbonyl (C=O) groups is 1. The van der Waals surface area contributed by atoms with Crippen molar-refractivity contribution in [1.82, 2.24) is 0 Å². The highest BCUT2D eigenvalue weighted by Crippen LogP contribution is 2.35. The highest BCUT2D eigenvalue weighted by molar-refractivity contribution is 7.18. The summed E-state index contributed by atoms with van der Waals surface area (Å²) in [6.45, 7) is 1.12. The van der Waals surface area contributed by atoms with Crippen LogP contribution in [0.25, 0.3) is 0 Å². The maximum absolute atomic E-state index is 10.9. The minimum atomic E-state index is -0.797. The van der Waals surface area contributed by atoms with Crippen LogP contribution in [0.1, 0.15) is 17.3 Å². The molecule has 0 radical (unpaired) electrons. The Balaban J connectivity index is 3.33. The van der Waals surface area contributed by atoms with Crippen molar-refractivity contribution in [3.05, 3.63) is 31.9 Å². The molecule has 0 aromatic carbocycles. The fourth-order valence-corrected chi connectivity index (χ4v) is 1.68. The zero-order valence-electron chi connectivity index (χ0n) is 6.92. The number of carbonyl (C=O) groups excluding carboxylic acids is 1. The molecule has 0 aliphatic heterocycles. The first kappa shape index (κ1) is 10.3. The maximum Gasteiger partial charge on any atom is 0.341 e. The molecule has 0 N–H and O–H groups in total. The number of nitrogens with zero attached hydrogens (tertiary/aromatic N) is 2. The van der Waals surface area contributed by atoms with E-state index in [1.54, 1.807) is 0 Å². The van der Waals surface area contributed by atoms with Gasteiger partial charge in [-0.1, -0.05) is 0 Å². The van der Waals surface area contributed by atoms with Crippen LogP contribution in [0.3, 0.4) is 0 Å². The Morgan fingerprint density at radius 2 is 1.93 bits per heavy atom. The van der Waals surface area contributed by atoms with Gasteiger partial charge in [-0.05, 0) is 6.92 Å². The molecule has 0 spiro atoms. The van der Waals surface area contributed by atoms with Crippen molar-refractivity contribution in [3.8, 4) is 0 Å². The molecule has 0 amide bonds. The van der Waals surface area contributed by atoms with E-state index in [0.29, 0.717) is 11.3 Å². The number of rotatable bonds is 3. The average Bonchev–Trinajstić information content (AvgIpc) is 2.47. The lowest BCUT2D eigenvalue weighted by atomic mass is 10.2. The third-order valence-electron chi connectivity index (χ3n) is 1.42. The molecule has 0 fully saturated rings. The SMILES string of the molecule is CC(=O)c1cc([N+](=O)[O-])sc1[N+](=O)[O-]. The van der Waals surface area contributed by atoms with Crippen molar-refractivity contribution in [3.63, 3.8) is 0 Å². The Labute approximate surface area is 81.3 Å². The molecule has 1 heterocycles. The Morgan fingerprint density at radius 3 is 2.21 bits per heavy atom. The van der Waals surface area contributed by atoms with E-state index < -0.39 is 25.6 Å². The summed E-state index contributed by atoms with van der Waals surface area (Å²) in [4.78, 5) is 30.0. The van der Waals surface area contributed by atoms with Gasteiger partial charge >= 0.3 is 10.0 Å². The predicted octanol–water partition coefficient (Wildman–Crippen LogP) is 1.77. The Kier molecular flexibility index (Phi) is 2.56. The smallest absolute Gasteiger partial charge is 0.294 e. The van der Waals surface area contributed by atoms with Crippen molar-refractivity contribution < 1.29 is 14.6 Å². The third kappa shape index (κ3) is 1.74. The zero-order valence-corrected chi connectivity index (χ0v) is 7.74. The first-order valence-corrected chi connectivity index (χ1v) is 4.18. The van der Waals surface area contributed by atoms with Crippen molar-refractivity contribution in [2.75, 3.05) is 0 Å². The fraction of sp³-hybridized carbons (Fsp3) is 0.167. The molecule has 0 unspecified atom stereocenters. The molecule has 0 aliphatic carbocycles. The molecular formula is C6H4N2O5S. The van der Waals surface area contributed by atoms with Crippen LogP contribution in [0.2, 0.25) is 0 Å². The minimum absolute atomic E-state index is 0.216. The Morgan fingerprint density at radius 1 is 1.36 bits per heavy atom. The van der Waals surface area contributed by atoms with Gasteiger partial charge in [0.05, 0.1) is 9.85 Å². The van der Waals surface area contributed by atoms with Crippen molar-refractivity contribution in [2.24, 2.45) is 0 Å². The lowest BCUT2D eigenvalue weighted by Crippen LogP contribution is -1.94. The van der Waals surface area contributed by atoms with Crippen LogP contribution in [0.5, 0.6) is 0 Å². The molecule has 1 aromatic rings. The van der Waals surface area contributed by atoms with Gasteiger partial charge in [0.15, 0.2) is 5.78 Å². The van der Waals surface area contributed by atoms with Gasteiger partial charge in [0.1, 0.15) is 5.56 Å². The van der Waals surface area contributed by atoms with Gasteiger partial charge in [-0.25, -0.2) is 0 Å². The van der Waals surface area contributed by atoms with Crippen molar-refractivity contribution >= 4 is 27.1 Å². The standard InChI is InChI=1S/C6H4N2O5S/c1-3(9)4-2-5(7(10)11)14-6(4)8(12)13/h2H,1H3. The Bertz CT molecular complexity index is 392. The molecule has 8 heteroatoms. The van der Waals surface area contributed by atoms with Gasteiger partial charge in [0.25, 0.3) is 0 Å². The monoisotopic (exact) mass is 216 g/mol. The largest absolute Gasteiger partial charge is 0.341 e. The number of ketones is 1. The molecule has 1 rings (SSSR count). The molecule has 0 bridgehead atoms. The van der Waals surface area contributed by atoms with Crippen LogP contribution in [-0.4, -0.2) is 15.6 Å². The van der Waals surface area contributed by atoms with E-state index in [2.05, 4.69) is 0 Å². The van der Waals surface area contributed by atoms with Crippen LogP contribution >= 0.6 is 11.3 Å². The molecule has 7 nitrogen and oxygen atoms in total. The highest BCUT2D eigenvalue weighted by atomic mass is 32.1. The highest BCUT2D eigenvalue weighted by Gasteiger charge is 2.27. The maximum atomic E-state index is 10.9. The van der Waals surface area contributed by atoms with E-state index >= 15 is 0 Å². The summed E-state index contributed by atoms with van der Waals surface area (Å²) in [6.07, 6.45) is 0. The molecule has 0 saturated heterocycles. The summed E-state index contributed by atoms with van der Waals surface area (Å²) in [6, 6.07) is 0.922. The summed E-state index contributed by atoms with van der Waals surface area (Å²) in [5.41, 5.74) is -0.216. The van der Waals surface area contributed by atoms with Gasteiger partial charge < -0.3 is 0 Å². The molecular weight excluding hydrogens is 212 g/mol. The van der Waals surface area contributed by atoms with E-state index in [1.807, 2.05) is 0 Å². The van der Waals surface area contributed by atoms with E-state index in [1.165, 1.54) is 0 Å². The second-order valence-corrected chi connectivity index (χ2v) is 3.38. The van der Waals surface area contributed by atoms with Gasteiger partial charge in [-0.3, -0.25) is 25.0 Å². The number of hydrogen-bond acceptors (Lipinski definition) is 6. The molecule has 14 heavy (non-hydrogen) atoms. The summed E-state index contributed by atoms with van der Waals surface area (Å²) in [5.74, 6) is -0.555. The first-order valence-electron chi connectivity index (χ1n) is 3.37. The second kappa shape index (κ2) is 3.50. The summed E-state index contributed by atoms with van der Waals surface area (Å²) in [5, 5.41) is 19.8. The van der Waals surface area contributed by atoms with E-state index in [-0.39, 0.29) is 5.56 Å². The second-order valence-electron chi connectivity index (χ2n) is 2.37. The van der Waals surface area contributed by atoms with Crippen LogP contribution in [0.4, 0.5) is 10.0 Å². The minimum Gasteiger partial charge on any atom is -0.294 e. The van der Waals surface area contributed by atoms with Gasteiger partial charge in [-0.15, -0.1) is 0 Å². The molecule has 0 aliphatic rings. The van der Waals surface area contributed by atoms with Crippen LogP contribution in [0.15, 0.2) is 6.07 Å². The molecule has 0 atom stereocenters. The van der Waals surface area contributed by atoms with Crippen LogP contribution < -0.4 is 0 Å². The topological polar surface area (TPSA) is 103 Å². The molecule has 74 valence electrons. The van der Waals surface area contributed by atoms with Crippen molar-refractivity contribution in [2.45, 2.75) is 6.92 Å². The zero-order chi connectivity index (χ0) is 10.9. The van der Waals surface area contributed by atoms with E-state index in [0.717, 1.165) is 13.0 Å². The van der Waals surface area contributed by atoms with Gasteiger partial charge in [0, 0.05) is 17.4 Å². The van der Waals surface area contributed by atoms with Gasteiger partial charge in [0.2, 0.25) is 0 Å². The molecule has 1 aromatic heterocycles. The lowest BCUT2D eigenvalue weighted by Gasteiger charge is -1.86. The van der Waals surface area contributed by atoms with Crippen LogP contribution in [0, 0.1) is 20.2 Å². The quantitative estimate of drug-likeness (QED) is 0.435. The Hall–Kier alpha value is -1.83. The number of nitro groups is 2. The van der Waals surface area contributed by atoms with Crippen molar-refractivity contribution in [1.29, 1.82) is 0 Å². The first-order chi connectivity index (χ1) is 6.43. The normalized spacial score (nSPS) is 9.79. The summed E-state index contributed by atoms with van der Waals surface area (Å²) < 4.78 is 0. The summed E-state index contributed by atoms with van der Waals surface area (Å²) in [7, 11) is 0. The number of thiophene rings is 1. The average molecular weight is 216 g/mol. The van der Waals surface area contributed by atoms with E-state index in [9.17, 15) is 25.0 Å².